The second-order valence-corrected chi connectivity index (χ2v) is 5.36. The molecular weight excluding hydrogens is 284 g/mol. The van der Waals surface area contributed by atoms with Crippen LogP contribution in [-0.2, 0) is 11.2 Å². The van der Waals surface area contributed by atoms with Crippen LogP contribution in [0.15, 0.2) is 43.0 Å². The topological polar surface area (TPSA) is 32.3 Å². The molecule has 116 valence electrons. The van der Waals surface area contributed by atoms with E-state index in [1.54, 1.807) is 0 Å². The fourth-order valence-electron chi connectivity index (χ4n) is 2.65. The third-order valence-electron chi connectivity index (χ3n) is 3.80. The first-order valence-electron chi connectivity index (χ1n) is 7.45. The Labute approximate surface area is 133 Å². The number of benzene rings is 1. The smallest absolute Gasteiger partial charge is 0.224 e. The maximum Gasteiger partial charge on any atom is 0.224 e. The van der Waals surface area contributed by atoms with Gasteiger partial charge in [0.05, 0.1) is 0 Å². The van der Waals surface area contributed by atoms with Crippen molar-refractivity contribution in [1.82, 2.24) is 10.2 Å². The zero-order valence-electron chi connectivity index (χ0n) is 12.5. The first kappa shape index (κ1) is 17.7. The van der Waals surface area contributed by atoms with Gasteiger partial charge in [0.25, 0.3) is 0 Å². The molecule has 0 spiro atoms. The van der Waals surface area contributed by atoms with E-state index in [-0.39, 0.29) is 18.3 Å². The number of hydrogen-bond donors (Lipinski definition) is 1. The quantitative estimate of drug-likeness (QED) is 0.786. The second-order valence-electron chi connectivity index (χ2n) is 5.36. The molecule has 1 amide bonds. The predicted molar refractivity (Wildman–Crippen MR) is 89.8 cm³/mol. The average Bonchev–Trinajstić information content (AvgIpc) is 2.97. The normalized spacial score (nSPS) is 17.0. The monoisotopic (exact) mass is 308 g/mol. The second kappa shape index (κ2) is 9.59. The van der Waals surface area contributed by atoms with Gasteiger partial charge in [-0.3, -0.25) is 4.79 Å². The molecule has 1 saturated heterocycles. The summed E-state index contributed by atoms with van der Waals surface area (Å²) in [5.41, 5.74) is 1.27. The molecular formula is C17H25ClN2O. The van der Waals surface area contributed by atoms with E-state index in [0.717, 1.165) is 25.9 Å². The summed E-state index contributed by atoms with van der Waals surface area (Å²) in [5, 5.41) is 3.38. The van der Waals surface area contributed by atoms with Crippen LogP contribution in [0.25, 0.3) is 0 Å². The Kier molecular flexibility index (Phi) is 8.09. The summed E-state index contributed by atoms with van der Waals surface area (Å²) in [6.45, 7) is 6.21. The third kappa shape index (κ3) is 5.90. The van der Waals surface area contributed by atoms with Gasteiger partial charge in [-0.25, -0.2) is 0 Å². The molecule has 0 saturated carbocycles. The van der Waals surface area contributed by atoms with Crippen LogP contribution in [0.2, 0.25) is 0 Å². The summed E-state index contributed by atoms with van der Waals surface area (Å²) in [6.07, 6.45) is 5.63. The van der Waals surface area contributed by atoms with Crippen molar-refractivity contribution in [1.29, 1.82) is 0 Å². The van der Waals surface area contributed by atoms with E-state index >= 15 is 0 Å². The van der Waals surface area contributed by atoms with Crippen LogP contribution in [0.3, 0.4) is 0 Å². The molecule has 1 aromatic carbocycles. The molecule has 1 atom stereocenters. The molecule has 0 bridgehead atoms. The summed E-state index contributed by atoms with van der Waals surface area (Å²) in [6, 6.07) is 10.7. The van der Waals surface area contributed by atoms with Gasteiger partial charge < -0.3 is 10.2 Å². The van der Waals surface area contributed by atoms with Crippen LogP contribution >= 0.6 is 12.4 Å². The lowest BCUT2D eigenvalue weighted by Gasteiger charge is -2.23. The molecule has 2 rings (SSSR count). The van der Waals surface area contributed by atoms with Crippen LogP contribution < -0.4 is 5.32 Å². The number of nitrogens with zero attached hydrogens (tertiary/aromatic N) is 1. The van der Waals surface area contributed by atoms with Crippen molar-refractivity contribution in [3.8, 4) is 0 Å². The third-order valence-corrected chi connectivity index (χ3v) is 3.80. The van der Waals surface area contributed by atoms with Gasteiger partial charge in [0, 0.05) is 25.6 Å². The van der Waals surface area contributed by atoms with Gasteiger partial charge in [-0.15, -0.1) is 19.0 Å². The van der Waals surface area contributed by atoms with Crippen LogP contribution in [0.4, 0.5) is 0 Å². The van der Waals surface area contributed by atoms with Crippen molar-refractivity contribution < 1.29 is 4.79 Å². The summed E-state index contributed by atoms with van der Waals surface area (Å²) < 4.78 is 0. The zero-order valence-corrected chi connectivity index (χ0v) is 13.3. The Morgan fingerprint density at radius 2 is 2.14 bits per heavy atom. The fraction of sp³-hybridized carbons (Fsp3) is 0.471. The van der Waals surface area contributed by atoms with Gasteiger partial charge in [-0.1, -0.05) is 36.4 Å². The molecule has 3 nitrogen and oxygen atoms in total. The van der Waals surface area contributed by atoms with Crippen molar-refractivity contribution in [2.45, 2.75) is 31.7 Å². The maximum absolute atomic E-state index is 12.3. The SMILES string of the molecule is C=CCN(CCc1ccccc1)C(=O)CC1CCCN1.Cl. The number of amides is 1. The molecule has 4 heteroatoms. The molecule has 1 aliphatic heterocycles. The number of carbonyl (C=O) groups excluding carboxylic acids is 1. The summed E-state index contributed by atoms with van der Waals surface area (Å²) in [7, 11) is 0. The highest BCUT2D eigenvalue weighted by molar-refractivity contribution is 5.85. The summed E-state index contributed by atoms with van der Waals surface area (Å²) in [4.78, 5) is 14.3. The highest BCUT2D eigenvalue weighted by Gasteiger charge is 2.20. The van der Waals surface area contributed by atoms with Gasteiger partial charge in [0.2, 0.25) is 5.91 Å². The highest BCUT2D eigenvalue weighted by Crippen LogP contribution is 2.11. The van der Waals surface area contributed by atoms with E-state index in [1.165, 1.54) is 12.0 Å². The zero-order chi connectivity index (χ0) is 14.2. The van der Waals surface area contributed by atoms with Crippen molar-refractivity contribution in [3.63, 3.8) is 0 Å². The molecule has 21 heavy (non-hydrogen) atoms. The van der Waals surface area contributed by atoms with Crippen molar-refractivity contribution >= 4 is 18.3 Å². The lowest BCUT2D eigenvalue weighted by Crippen LogP contribution is -2.37. The number of halogens is 1. The maximum atomic E-state index is 12.3. The number of rotatable bonds is 7. The first-order chi connectivity index (χ1) is 9.79. The Balaban J connectivity index is 0.00000220. The largest absolute Gasteiger partial charge is 0.339 e. The minimum atomic E-state index is 0. The number of nitrogens with one attached hydrogen (secondary N) is 1. The molecule has 1 aliphatic rings. The Bertz CT molecular complexity index is 430. The minimum Gasteiger partial charge on any atom is -0.339 e. The molecule has 1 unspecified atom stereocenters. The Hall–Kier alpha value is -1.32. The highest BCUT2D eigenvalue weighted by atomic mass is 35.5. The standard InChI is InChI=1S/C17H24N2O.ClH/c1-2-12-19(13-10-15-7-4-3-5-8-15)17(20)14-16-9-6-11-18-16;/h2-5,7-8,16,18H,1,6,9-14H2;1H. The molecule has 1 fully saturated rings. The van der Waals surface area contributed by atoms with Crippen LogP contribution in [0.5, 0.6) is 0 Å². The van der Waals surface area contributed by atoms with E-state index < -0.39 is 0 Å². The van der Waals surface area contributed by atoms with Crippen LogP contribution in [0, 0.1) is 0 Å². The van der Waals surface area contributed by atoms with Crippen LogP contribution in [0.1, 0.15) is 24.8 Å². The van der Waals surface area contributed by atoms with Crippen LogP contribution in [-0.4, -0.2) is 36.5 Å². The predicted octanol–water partition coefficient (Wildman–Crippen LogP) is 2.81. The summed E-state index contributed by atoms with van der Waals surface area (Å²) in [5.74, 6) is 0.236. The molecule has 1 N–H and O–H groups in total. The molecule has 0 aromatic heterocycles. The van der Waals surface area contributed by atoms with Gasteiger partial charge in [0.15, 0.2) is 0 Å². The van der Waals surface area contributed by atoms with Gasteiger partial charge in [-0.05, 0) is 31.4 Å². The molecule has 1 aromatic rings. The lowest BCUT2D eigenvalue weighted by molar-refractivity contribution is -0.131. The van der Waals surface area contributed by atoms with Gasteiger partial charge >= 0.3 is 0 Å². The van der Waals surface area contributed by atoms with Crippen molar-refractivity contribution in [2.24, 2.45) is 0 Å². The van der Waals surface area contributed by atoms with Gasteiger partial charge in [-0.2, -0.15) is 0 Å². The van der Waals surface area contributed by atoms with Crippen molar-refractivity contribution in [3.05, 3.63) is 48.6 Å². The fourth-order valence-corrected chi connectivity index (χ4v) is 2.65. The first-order valence-corrected chi connectivity index (χ1v) is 7.45. The molecule has 0 aliphatic carbocycles. The summed E-state index contributed by atoms with van der Waals surface area (Å²) >= 11 is 0. The minimum absolute atomic E-state index is 0. The Morgan fingerprint density at radius 1 is 1.38 bits per heavy atom. The Morgan fingerprint density at radius 3 is 2.76 bits per heavy atom. The average molecular weight is 309 g/mol. The van der Waals surface area contributed by atoms with Crippen molar-refractivity contribution in [2.75, 3.05) is 19.6 Å². The van der Waals surface area contributed by atoms with E-state index in [9.17, 15) is 4.79 Å². The van der Waals surface area contributed by atoms with E-state index in [4.69, 9.17) is 0 Å². The number of carbonyl (C=O) groups is 1. The van der Waals surface area contributed by atoms with E-state index in [0.29, 0.717) is 19.0 Å². The lowest BCUT2D eigenvalue weighted by atomic mass is 10.1. The van der Waals surface area contributed by atoms with E-state index in [1.807, 2.05) is 29.2 Å². The van der Waals surface area contributed by atoms with E-state index in [2.05, 4.69) is 24.0 Å². The molecule has 1 heterocycles. The van der Waals surface area contributed by atoms with Gasteiger partial charge in [0.1, 0.15) is 0 Å². The molecule has 0 radical (unpaired) electrons. The number of hydrogen-bond acceptors (Lipinski definition) is 2.